The number of aryl methyl sites for hydroxylation is 1. The predicted octanol–water partition coefficient (Wildman–Crippen LogP) is 3.11. The van der Waals surface area contributed by atoms with Crippen LogP contribution in [0.5, 0.6) is 11.5 Å². The lowest BCUT2D eigenvalue weighted by Crippen LogP contribution is -2.19. The standard InChI is InChI=1S/C18H22N2O4/c1-4-22-16-8-6-14(11-17(16)23-5-2)7-9-18(21)19-12-15-10-13(3)20-24-15/h6-11H,4-5,12H2,1-3H3,(H,19,21)/b9-7+. The van der Waals surface area contributed by atoms with E-state index in [1.165, 1.54) is 6.08 Å². The van der Waals surface area contributed by atoms with Crippen LogP contribution in [0.2, 0.25) is 0 Å². The van der Waals surface area contributed by atoms with Crippen molar-refractivity contribution in [1.82, 2.24) is 10.5 Å². The van der Waals surface area contributed by atoms with Crippen molar-refractivity contribution in [3.05, 3.63) is 47.4 Å². The number of hydrogen-bond donors (Lipinski definition) is 1. The predicted molar refractivity (Wildman–Crippen MR) is 90.9 cm³/mol. The van der Waals surface area contributed by atoms with Gasteiger partial charge in [0.2, 0.25) is 5.91 Å². The molecule has 24 heavy (non-hydrogen) atoms. The maximum Gasteiger partial charge on any atom is 0.244 e. The summed E-state index contributed by atoms with van der Waals surface area (Å²) in [6, 6.07) is 7.34. The Morgan fingerprint density at radius 2 is 1.96 bits per heavy atom. The summed E-state index contributed by atoms with van der Waals surface area (Å²) in [5.41, 5.74) is 1.64. The molecule has 1 aromatic heterocycles. The van der Waals surface area contributed by atoms with Crippen molar-refractivity contribution >= 4 is 12.0 Å². The van der Waals surface area contributed by atoms with Crippen LogP contribution in [0.4, 0.5) is 0 Å². The number of benzene rings is 1. The van der Waals surface area contributed by atoms with Crippen LogP contribution < -0.4 is 14.8 Å². The molecule has 2 aromatic rings. The van der Waals surface area contributed by atoms with E-state index >= 15 is 0 Å². The fourth-order valence-corrected chi connectivity index (χ4v) is 2.08. The molecule has 0 saturated carbocycles. The van der Waals surface area contributed by atoms with Gasteiger partial charge in [-0.05, 0) is 44.5 Å². The zero-order chi connectivity index (χ0) is 17.4. The van der Waals surface area contributed by atoms with Crippen LogP contribution in [-0.2, 0) is 11.3 Å². The van der Waals surface area contributed by atoms with Crippen LogP contribution >= 0.6 is 0 Å². The van der Waals surface area contributed by atoms with Crippen LogP contribution in [0.3, 0.4) is 0 Å². The lowest BCUT2D eigenvalue weighted by Gasteiger charge is -2.11. The zero-order valence-electron chi connectivity index (χ0n) is 14.2. The fraction of sp³-hybridized carbons (Fsp3) is 0.333. The molecular weight excluding hydrogens is 308 g/mol. The molecule has 2 rings (SSSR count). The highest BCUT2D eigenvalue weighted by Crippen LogP contribution is 2.28. The highest BCUT2D eigenvalue weighted by Gasteiger charge is 2.06. The lowest BCUT2D eigenvalue weighted by molar-refractivity contribution is -0.116. The summed E-state index contributed by atoms with van der Waals surface area (Å²) in [5.74, 6) is 1.77. The summed E-state index contributed by atoms with van der Waals surface area (Å²) in [6.07, 6.45) is 3.19. The molecule has 0 aliphatic carbocycles. The summed E-state index contributed by atoms with van der Waals surface area (Å²) in [5, 5.41) is 6.51. The second-order valence-corrected chi connectivity index (χ2v) is 5.06. The minimum Gasteiger partial charge on any atom is -0.490 e. The molecule has 0 spiro atoms. The van der Waals surface area contributed by atoms with E-state index in [2.05, 4.69) is 10.5 Å². The Bertz CT molecular complexity index is 707. The summed E-state index contributed by atoms with van der Waals surface area (Å²) in [4.78, 5) is 11.9. The van der Waals surface area contributed by atoms with E-state index in [1.807, 2.05) is 39.0 Å². The van der Waals surface area contributed by atoms with Crippen LogP contribution in [0.25, 0.3) is 6.08 Å². The number of amides is 1. The van der Waals surface area contributed by atoms with Gasteiger partial charge in [-0.15, -0.1) is 0 Å². The molecule has 0 fully saturated rings. The number of hydrogen-bond acceptors (Lipinski definition) is 5. The van der Waals surface area contributed by atoms with Crippen molar-refractivity contribution in [2.24, 2.45) is 0 Å². The van der Waals surface area contributed by atoms with Crippen molar-refractivity contribution in [3.8, 4) is 11.5 Å². The van der Waals surface area contributed by atoms with Crippen LogP contribution in [0.15, 0.2) is 34.9 Å². The molecule has 128 valence electrons. The van der Waals surface area contributed by atoms with Gasteiger partial charge in [0.25, 0.3) is 0 Å². The Balaban J connectivity index is 1.96. The van der Waals surface area contributed by atoms with E-state index in [-0.39, 0.29) is 5.91 Å². The second kappa shape index (κ2) is 8.76. The first-order chi connectivity index (χ1) is 11.6. The molecule has 1 N–H and O–H groups in total. The van der Waals surface area contributed by atoms with Crippen LogP contribution in [-0.4, -0.2) is 24.3 Å². The van der Waals surface area contributed by atoms with Gasteiger partial charge >= 0.3 is 0 Å². The van der Waals surface area contributed by atoms with Gasteiger partial charge in [0.15, 0.2) is 17.3 Å². The molecule has 0 unspecified atom stereocenters. The van der Waals surface area contributed by atoms with Gasteiger partial charge in [-0.25, -0.2) is 0 Å². The fourth-order valence-electron chi connectivity index (χ4n) is 2.08. The molecule has 0 aliphatic heterocycles. The summed E-state index contributed by atoms with van der Waals surface area (Å²) in [7, 11) is 0. The normalized spacial score (nSPS) is 10.8. The highest BCUT2D eigenvalue weighted by atomic mass is 16.5. The largest absolute Gasteiger partial charge is 0.490 e. The number of nitrogens with one attached hydrogen (secondary N) is 1. The third-order valence-corrected chi connectivity index (χ3v) is 3.11. The van der Waals surface area contributed by atoms with E-state index in [9.17, 15) is 4.79 Å². The third kappa shape index (κ3) is 5.15. The minimum atomic E-state index is -0.212. The Kier molecular flexibility index (Phi) is 6.42. The average molecular weight is 330 g/mol. The molecule has 6 nitrogen and oxygen atoms in total. The number of carbonyl (C=O) groups excluding carboxylic acids is 1. The first-order valence-corrected chi connectivity index (χ1v) is 7.90. The zero-order valence-corrected chi connectivity index (χ0v) is 14.2. The molecule has 0 aliphatic rings. The maximum atomic E-state index is 11.9. The number of nitrogens with zero attached hydrogens (tertiary/aromatic N) is 1. The number of carbonyl (C=O) groups is 1. The van der Waals surface area contributed by atoms with Crippen LogP contribution in [0, 0.1) is 6.92 Å². The molecule has 1 aromatic carbocycles. The monoisotopic (exact) mass is 330 g/mol. The van der Waals surface area contributed by atoms with Crippen molar-refractivity contribution in [3.63, 3.8) is 0 Å². The third-order valence-electron chi connectivity index (χ3n) is 3.11. The van der Waals surface area contributed by atoms with Gasteiger partial charge in [-0.3, -0.25) is 4.79 Å². The van der Waals surface area contributed by atoms with Crippen LogP contribution in [0.1, 0.15) is 30.9 Å². The molecular formula is C18H22N2O4. The highest BCUT2D eigenvalue weighted by molar-refractivity contribution is 5.91. The smallest absolute Gasteiger partial charge is 0.244 e. The van der Waals surface area contributed by atoms with Gasteiger partial charge in [-0.1, -0.05) is 11.2 Å². The summed E-state index contributed by atoms with van der Waals surface area (Å²) < 4.78 is 16.1. The van der Waals surface area contributed by atoms with Gasteiger partial charge in [0.05, 0.1) is 25.5 Å². The molecule has 0 bridgehead atoms. The van der Waals surface area contributed by atoms with E-state index < -0.39 is 0 Å². The van der Waals surface area contributed by atoms with E-state index in [1.54, 1.807) is 12.1 Å². The van der Waals surface area contributed by atoms with Crippen molar-refractivity contribution in [2.45, 2.75) is 27.3 Å². The van der Waals surface area contributed by atoms with Gasteiger partial charge in [0.1, 0.15) is 0 Å². The first-order valence-electron chi connectivity index (χ1n) is 7.90. The lowest BCUT2D eigenvalue weighted by atomic mass is 10.2. The topological polar surface area (TPSA) is 73.6 Å². The van der Waals surface area contributed by atoms with Crippen molar-refractivity contribution < 1.29 is 18.8 Å². The molecule has 0 saturated heterocycles. The molecule has 0 radical (unpaired) electrons. The Labute approximate surface area is 141 Å². The molecule has 1 heterocycles. The minimum absolute atomic E-state index is 0.212. The maximum absolute atomic E-state index is 11.9. The van der Waals surface area contributed by atoms with Gasteiger partial charge in [0, 0.05) is 12.1 Å². The number of aromatic nitrogens is 1. The molecule has 0 atom stereocenters. The van der Waals surface area contributed by atoms with E-state index in [0.717, 1.165) is 11.3 Å². The number of rotatable bonds is 8. The van der Waals surface area contributed by atoms with Crippen molar-refractivity contribution in [2.75, 3.05) is 13.2 Å². The first kappa shape index (κ1) is 17.6. The van der Waals surface area contributed by atoms with Gasteiger partial charge < -0.3 is 19.3 Å². The molecule has 1 amide bonds. The SMILES string of the molecule is CCOc1ccc(/C=C/C(=O)NCc2cc(C)no2)cc1OCC. The Hall–Kier alpha value is -2.76. The number of ether oxygens (including phenoxy) is 2. The second-order valence-electron chi connectivity index (χ2n) is 5.06. The Morgan fingerprint density at radius 3 is 2.62 bits per heavy atom. The summed E-state index contributed by atoms with van der Waals surface area (Å²) >= 11 is 0. The van der Waals surface area contributed by atoms with E-state index in [0.29, 0.717) is 37.0 Å². The summed E-state index contributed by atoms with van der Waals surface area (Å²) in [6.45, 7) is 7.08. The average Bonchev–Trinajstić information content (AvgIpc) is 2.99. The van der Waals surface area contributed by atoms with Crippen molar-refractivity contribution in [1.29, 1.82) is 0 Å². The van der Waals surface area contributed by atoms with Gasteiger partial charge in [-0.2, -0.15) is 0 Å². The quantitative estimate of drug-likeness (QED) is 0.753. The Morgan fingerprint density at radius 1 is 1.21 bits per heavy atom. The molecule has 6 heteroatoms. The van der Waals surface area contributed by atoms with E-state index in [4.69, 9.17) is 14.0 Å².